The Morgan fingerprint density at radius 2 is 1.82 bits per heavy atom. The predicted molar refractivity (Wildman–Crippen MR) is 99.9 cm³/mol. The van der Waals surface area contributed by atoms with Crippen molar-refractivity contribution in [3.63, 3.8) is 0 Å². The average molecular weight is 391 g/mol. The largest absolute Gasteiger partial charge is 0.497 e. The van der Waals surface area contributed by atoms with E-state index in [1.54, 1.807) is 7.11 Å². The zero-order valence-corrected chi connectivity index (χ0v) is 16.0. The summed E-state index contributed by atoms with van der Waals surface area (Å²) in [6.07, 6.45) is -3.04. The van der Waals surface area contributed by atoms with Gasteiger partial charge in [-0.15, -0.1) is 0 Å². The van der Waals surface area contributed by atoms with Gasteiger partial charge in [-0.2, -0.15) is 13.2 Å². The summed E-state index contributed by atoms with van der Waals surface area (Å²) in [6.45, 7) is 3.57. The maximum Gasteiger partial charge on any atom is 0.433 e. The van der Waals surface area contributed by atoms with Gasteiger partial charge in [0.15, 0.2) is 0 Å². The summed E-state index contributed by atoms with van der Waals surface area (Å²) in [4.78, 5) is 8.33. The van der Waals surface area contributed by atoms with Crippen molar-refractivity contribution < 1.29 is 17.9 Å². The maximum atomic E-state index is 12.7. The molecule has 2 aliphatic heterocycles. The molecular formula is C21H24F3N3O. The van der Waals surface area contributed by atoms with Crippen LogP contribution in [0, 0.1) is 11.8 Å². The summed E-state index contributed by atoms with van der Waals surface area (Å²) in [5.74, 6) is 1.93. The molecule has 0 radical (unpaired) electrons. The SMILES string of the molecule is COc1ccc([C@@H]2[C@@H]3CN(Cc4ccc(C(F)(F)F)nc4)C[C@@H]3CN2C)cc1. The third kappa shape index (κ3) is 3.73. The van der Waals surface area contributed by atoms with Crippen molar-refractivity contribution in [3.8, 4) is 5.75 Å². The number of benzene rings is 1. The Balaban J connectivity index is 1.44. The van der Waals surface area contributed by atoms with Crippen LogP contribution in [0.25, 0.3) is 0 Å². The van der Waals surface area contributed by atoms with Crippen molar-refractivity contribution in [1.82, 2.24) is 14.8 Å². The Morgan fingerprint density at radius 1 is 1.07 bits per heavy atom. The van der Waals surface area contributed by atoms with E-state index in [0.717, 1.165) is 37.0 Å². The number of fused-ring (bicyclic) bond motifs is 1. The van der Waals surface area contributed by atoms with Gasteiger partial charge in [0.05, 0.1) is 7.11 Å². The fourth-order valence-corrected chi connectivity index (χ4v) is 4.73. The molecule has 2 aromatic rings. The van der Waals surface area contributed by atoms with E-state index in [-0.39, 0.29) is 0 Å². The molecule has 2 aliphatic rings. The van der Waals surface area contributed by atoms with Gasteiger partial charge in [0.25, 0.3) is 0 Å². The number of aromatic nitrogens is 1. The van der Waals surface area contributed by atoms with E-state index in [4.69, 9.17) is 4.74 Å². The number of halogens is 3. The van der Waals surface area contributed by atoms with Crippen LogP contribution in [0.3, 0.4) is 0 Å². The topological polar surface area (TPSA) is 28.6 Å². The summed E-state index contributed by atoms with van der Waals surface area (Å²) in [5, 5.41) is 0. The van der Waals surface area contributed by atoms with E-state index in [1.807, 2.05) is 12.1 Å². The number of hydrogen-bond acceptors (Lipinski definition) is 4. The highest BCUT2D eigenvalue weighted by molar-refractivity contribution is 5.31. The van der Waals surface area contributed by atoms with E-state index < -0.39 is 11.9 Å². The second kappa shape index (κ2) is 7.37. The van der Waals surface area contributed by atoms with Crippen LogP contribution >= 0.6 is 0 Å². The number of rotatable bonds is 4. The number of pyridine rings is 1. The molecule has 2 fully saturated rings. The first-order chi connectivity index (χ1) is 13.3. The normalized spacial score (nSPS) is 25.8. The van der Waals surface area contributed by atoms with Crippen LogP contribution in [0.4, 0.5) is 13.2 Å². The zero-order valence-electron chi connectivity index (χ0n) is 16.0. The molecule has 2 saturated heterocycles. The van der Waals surface area contributed by atoms with E-state index in [2.05, 4.69) is 34.0 Å². The van der Waals surface area contributed by atoms with Crippen LogP contribution < -0.4 is 4.74 Å². The second-order valence-corrected chi connectivity index (χ2v) is 7.83. The summed E-state index contributed by atoms with van der Waals surface area (Å²) in [7, 11) is 3.83. The molecule has 28 heavy (non-hydrogen) atoms. The molecule has 3 heterocycles. The molecule has 0 saturated carbocycles. The van der Waals surface area contributed by atoms with Crippen LogP contribution in [0.2, 0.25) is 0 Å². The molecule has 0 unspecified atom stereocenters. The lowest BCUT2D eigenvalue weighted by molar-refractivity contribution is -0.141. The number of methoxy groups -OCH3 is 1. The number of ether oxygens (including phenoxy) is 1. The predicted octanol–water partition coefficient (Wildman–Crippen LogP) is 3.84. The molecule has 3 atom stereocenters. The summed E-state index contributed by atoms with van der Waals surface area (Å²) in [5.41, 5.74) is 1.27. The molecule has 0 aliphatic carbocycles. The fourth-order valence-electron chi connectivity index (χ4n) is 4.73. The Hall–Kier alpha value is -2.12. The molecule has 4 nitrogen and oxygen atoms in total. The van der Waals surface area contributed by atoms with Gasteiger partial charge in [0.2, 0.25) is 0 Å². The third-order valence-electron chi connectivity index (χ3n) is 5.95. The maximum absolute atomic E-state index is 12.7. The lowest BCUT2D eigenvalue weighted by Gasteiger charge is -2.27. The number of likely N-dealkylation sites (tertiary alicyclic amines) is 2. The van der Waals surface area contributed by atoms with Gasteiger partial charge in [-0.25, -0.2) is 0 Å². The van der Waals surface area contributed by atoms with E-state index in [0.29, 0.717) is 24.4 Å². The van der Waals surface area contributed by atoms with Crippen molar-refractivity contribution in [2.45, 2.75) is 18.8 Å². The average Bonchev–Trinajstić information content (AvgIpc) is 3.17. The number of alkyl halides is 3. The Labute approximate surface area is 162 Å². The van der Waals surface area contributed by atoms with Gasteiger partial charge in [-0.3, -0.25) is 14.8 Å². The van der Waals surface area contributed by atoms with Crippen LogP contribution in [0.5, 0.6) is 5.75 Å². The Morgan fingerprint density at radius 3 is 2.43 bits per heavy atom. The van der Waals surface area contributed by atoms with Crippen molar-refractivity contribution in [3.05, 3.63) is 59.4 Å². The number of nitrogens with zero attached hydrogens (tertiary/aromatic N) is 3. The van der Waals surface area contributed by atoms with Gasteiger partial charge < -0.3 is 4.74 Å². The summed E-state index contributed by atoms with van der Waals surface area (Å²) >= 11 is 0. The van der Waals surface area contributed by atoms with Crippen LogP contribution in [0.1, 0.15) is 22.9 Å². The minimum Gasteiger partial charge on any atom is -0.497 e. The third-order valence-corrected chi connectivity index (χ3v) is 5.95. The Bertz CT molecular complexity index is 807. The quantitative estimate of drug-likeness (QED) is 0.792. The first kappa shape index (κ1) is 19.2. The van der Waals surface area contributed by atoms with Crippen molar-refractivity contribution in [2.75, 3.05) is 33.8 Å². The second-order valence-electron chi connectivity index (χ2n) is 7.83. The van der Waals surface area contributed by atoms with Crippen LogP contribution in [-0.4, -0.2) is 48.6 Å². The summed E-state index contributed by atoms with van der Waals surface area (Å²) in [6, 6.07) is 11.2. The highest BCUT2D eigenvalue weighted by atomic mass is 19.4. The van der Waals surface area contributed by atoms with Crippen LogP contribution in [-0.2, 0) is 12.7 Å². The molecule has 0 bridgehead atoms. The van der Waals surface area contributed by atoms with Crippen molar-refractivity contribution in [2.24, 2.45) is 11.8 Å². The fraction of sp³-hybridized carbons (Fsp3) is 0.476. The van der Waals surface area contributed by atoms with Gasteiger partial charge in [0, 0.05) is 38.4 Å². The smallest absolute Gasteiger partial charge is 0.433 e. The Kier molecular flexibility index (Phi) is 5.05. The van der Waals surface area contributed by atoms with Gasteiger partial charge >= 0.3 is 6.18 Å². The molecule has 150 valence electrons. The molecule has 7 heteroatoms. The van der Waals surface area contributed by atoms with Crippen molar-refractivity contribution in [1.29, 1.82) is 0 Å². The number of hydrogen-bond donors (Lipinski definition) is 0. The molecule has 0 N–H and O–H groups in total. The minimum atomic E-state index is -4.39. The zero-order chi connectivity index (χ0) is 19.9. The summed E-state index contributed by atoms with van der Waals surface area (Å²) < 4.78 is 43.3. The monoisotopic (exact) mass is 391 g/mol. The standard InChI is InChI=1S/C21H24F3N3O/c1-26-11-16-12-27(10-14-3-8-19(25-9-14)21(22,23)24)13-18(16)20(26)15-4-6-17(28-2)7-5-15/h3-9,16,18,20H,10-13H2,1-2H3/t16-,18+,20+/m0/s1. The first-order valence-corrected chi connectivity index (χ1v) is 9.44. The first-order valence-electron chi connectivity index (χ1n) is 9.44. The van der Waals surface area contributed by atoms with E-state index in [9.17, 15) is 13.2 Å². The molecule has 0 amide bonds. The van der Waals surface area contributed by atoms with E-state index in [1.165, 1.54) is 17.8 Å². The lowest BCUT2D eigenvalue weighted by Crippen LogP contribution is -2.29. The molecule has 0 spiro atoms. The molecular weight excluding hydrogens is 367 g/mol. The van der Waals surface area contributed by atoms with Crippen molar-refractivity contribution >= 4 is 0 Å². The molecule has 1 aromatic carbocycles. The lowest BCUT2D eigenvalue weighted by atomic mass is 9.89. The van der Waals surface area contributed by atoms with Gasteiger partial charge in [0.1, 0.15) is 11.4 Å². The molecule has 4 rings (SSSR count). The van der Waals surface area contributed by atoms with Gasteiger partial charge in [-0.05, 0) is 48.2 Å². The van der Waals surface area contributed by atoms with Gasteiger partial charge in [-0.1, -0.05) is 18.2 Å². The molecule has 1 aromatic heterocycles. The van der Waals surface area contributed by atoms with E-state index >= 15 is 0 Å². The minimum absolute atomic E-state index is 0.353. The highest BCUT2D eigenvalue weighted by Crippen LogP contribution is 2.44. The van der Waals surface area contributed by atoms with Crippen LogP contribution in [0.15, 0.2) is 42.6 Å². The highest BCUT2D eigenvalue weighted by Gasteiger charge is 2.45.